The summed E-state index contributed by atoms with van der Waals surface area (Å²) in [5.74, 6) is 0.854. The molecule has 3 aromatic rings. The van der Waals surface area contributed by atoms with Crippen molar-refractivity contribution in [1.29, 1.82) is 0 Å². The lowest BCUT2D eigenvalue weighted by Gasteiger charge is -2.17. The van der Waals surface area contributed by atoms with Gasteiger partial charge in [-0.2, -0.15) is 18.3 Å². The third-order valence-electron chi connectivity index (χ3n) is 5.72. The number of nitrogens with zero attached hydrogens (tertiary/aromatic N) is 3. The Balaban J connectivity index is 1.52. The van der Waals surface area contributed by atoms with E-state index in [0.717, 1.165) is 29.9 Å². The lowest BCUT2D eigenvalue weighted by atomic mass is 9.98. The topological polar surface area (TPSA) is 47.4 Å². The standard InChI is InChI=1S/C23H22F3N3O2/c1-15-21(13-27-29(15)19-5-3-4-18(12-19)23(24,25)26)22(30)28-11-10-17(14-28)16-6-8-20(31-2)9-7-16/h3-9,12-13,17H,10-11,14H2,1-2H3. The molecule has 162 valence electrons. The predicted octanol–water partition coefficient (Wildman–Crippen LogP) is 4.84. The van der Waals surface area contributed by atoms with Crippen LogP contribution in [0.4, 0.5) is 13.2 Å². The molecular weight excluding hydrogens is 407 g/mol. The van der Waals surface area contributed by atoms with Crippen LogP contribution in [0.3, 0.4) is 0 Å². The Hall–Kier alpha value is -3.29. The molecule has 0 radical (unpaired) electrons. The Kier molecular flexibility index (Phi) is 5.47. The summed E-state index contributed by atoms with van der Waals surface area (Å²) < 4.78 is 45.7. The first-order chi connectivity index (χ1) is 14.8. The number of carbonyl (C=O) groups excluding carboxylic acids is 1. The minimum absolute atomic E-state index is 0.160. The van der Waals surface area contributed by atoms with E-state index in [1.54, 1.807) is 25.0 Å². The summed E-state index contributed by atoms with van der Waals surface area (Å²) in [6, 6.07) is 12.7. The molecule has 1 atom stereocenters. The van der Waals surface area contributed by atoms with Crippen molar-refractivity contribution >= 4 is 5.91 Å². The lowest BCUT2D eigenvalue weighted by Crippen LogP contribution is -2.28. The van der Waals surface area contributed by atoms with Gasteiger partial charge in [0.1, 0.15) is 5.75 Å². The molecule has 1 aliphatic heterocycles. The van der Waals surface area contributed by atoms with E-state index < -0.39 is 11.7 Å². The van der Waals surface area contributed by atoms with Crippen LogP contribution in [0.5, 0.6) is 5.75 Å². The summed E-state index contributed by atoms with van der Waals surface area (Å²) in [5.41, 5.74) is 1.57. The number of hydrogen-bond acceptors (Lipinski definition) is 3. The maximum absolute atomic E-state index is 13.1. The smallest absolute Gasteiger partial charge is 0.416 e. The molecule has 31 heavy (non-hydrogen) atoms. The maximum atomic E-state index is 13.1. The van der Waals surface area contributed by atoms with Crippen molar-refractivity contribution in [3.8, 4) is 11.4 Å². The molecule has 0 spiro atoms. The first-order valence-electron chi connectivity index (χ1n) is 9.93. The average molecular weight is 429 g/mol. The van der Waals surface area contributed by atoms with E-state index in [-0.39, 0.29) is 17.5 Å². The molecule has 1 aliphatic rings. The van der Waals surface area contributed by atoms with Gasteiger partial charge in [0.05, 0.1) is 35.8 Å². The van der Waals surface area contributed by atoms with Gasteiger partial charge < -0.3 is 9.64 Å². The van der Waals surface area contributed by atoms with Gasteiger partial charge in [0.25, 0.3) is 5.91 Å². The van der Waals surface area contributed by atoms with Gasteiger partial charge in [-0.05, 0) is 49.2 Å². The molecule has 0 N–H and O–H groups in total. The van der Waals surface area contributed by atoms with Gasteiger partial charge >= 0.3 is 6.18 Å². The number of aromatic nitrogens is 2. The van der Waals surface area contributed by atoms with Gasteiger partial charge in [0.2, 0.25) is 0 Å². The van der Waals surface area contributed by atoms with Crippen molar-refractivity contribution in [2.45, 2.75) is 25.4 Å². The molecule has 1 unspecified atom stereocenters. The maximum Gasteiger partial charge on any atom is 0.416 e. The minimum atomic E-state index is -4.44. The molecule has 2 aromatic carbocycles. The molecule has 5 nitrogen and oxygen atoms in total. The van der Waals surface area contributed by atoms with Gasteiger partial charge in [-0.1, -0.05) is 18.2 Å². The molecule has 4 rings (SSSR count). The molecular formula is C23H22F3N3O2. The van der Waals surface area contributed by atoms with E-state index in [1.165, 1.54) is 16.9 Å². The van der Waals surface area contributed by atoms with Crippen molar-refractivity contribution < 1.29 is 22.7 Å². The SMILES string of the molecule is COc1ccc(C2CCN(C(=O)c3cnn(-c4cccc(C(F)(F)F)c4)c3C)C2)cc1. The number of halogens is 3. The second-order valence-electron chi connectivity index (χ2n) is 7.61. The molecule has 2 heterocycles. The van der Waals surface area contributed by atoms with Gasteiger partial charge in [0, 0.05) is 19.0 Å². The Morgan fingerprint density at radius 2 is 1.90 bits per heavy atom. The van der Waals surface area contributed by atoms with Crippen LogP contribution in [-0.2, 0) is 6.18 Å². The molecule has 0 saturated carbocycles. The molecule has 1 saturated heterocycles. The second kappa shape index (κ2) is 8.09. The third kappa shape index (κ3) is 4.15. The highest BCUT2D eigenvalue weighted by molar-refractivity contribution is 5.95. The molecule has 1 amide bonds. The highest BCUT2D eigenvalue weighted by Gasteiger charge is 2.32. The van der Waals surface area contributed by atoms with Crippen LogP contribution in [0.15, 0.2) is 54.7 Å². The number of methoxy groups -OCH3 is 1. The number of benzene rings is 2. The lowest BCUT2D eigenvalue weighted by molar-refractivity contribution is -0.137. The number of ether oxygens (including phenoxy) is 1. The van der Waals surface area contributed by atoms with Crippen LogP contribution >= 0.6 is 0 Å². The van der Waals surface area contributed by atoms with Crippen molar-refractivity contribution in [3.05, 3.63) is 77.1 Å². The fourth-order valence-electron chi connectivity index (χ4n) is 3.96. The number of hydrogen-bond donors (Lipinski definition) is 0. The van der Waals surface area contributed by atoms with Crippen molar-refractivity contribution in [1.82, 2.24) is 14.7 Å². The Morgan fingerprint density at radius 3 is 2.58 bits per heavy atom. The molecule has 0 aliphatic carbocycles. The van der Waals surface area contributed by atoms with E-state index in [1.807, 2.05) is 24.3 Å². The molecule has 1 fully saturated rings. The largest absolute Gasteiger partial charge is 0.497 e. The van der Waals surface area contributed by atoms with Crippen LogP contribution in [0.1, 0.15) is 39.5 Å². The fourth-order valence-corrected chi connectivity index (χ4v) is 3.96. The molecule has 1 aromatic heterocycles. The fraction of sp³-hybridized carbons (Fsp3) is 0.304. The predicted molar refractivity (Wildman–Crippen MR) is 110 cm³/mol. The van der Waals surface area contributed by atoms with E-state index in [9.17, 15) is 18.0 Å². The summed E-state index contributed by atoms with van der Waals surface area (Å²) in [5, 5.41) is 4.19. The van der Waals surface area contributed by atoms with Crippen molar-refractivity contribution in [2.24, 2.45) is 0 Å². The zero-order valence-corrected chi connectivity index (χ0v) is 17.2. The zero-order chi connectivity index (χ0) is 22.2. The van der Waals surface area contributed by atoms with E-state index >= 15 is 0 Å². The summed E-state index contributed by atoms with van der Waals surface area (Å²) in [4.78, 5) is 14.9. The van der Waals surface area contributed by atoms with E-state index in [0.29, 0.717) is 24.3 Å². The Morgan fingerprint density at radius 1 is 1.16 bits per heavy atom. The van der Waals surface area contributed by atoms with E-state index in [2.05, 4.69) is 5.10 Å². The molecule has 8 heteroatoms. The number of rotatable bonds is 4. The Bertz CT molecular complexity index is 1090. The number of likely N-dealkylation sites (tertiary alicyclic amines) is 1. The quantitative estimate of drug-likeness (QED) is 0.597. The first-order valence-corrected chi connectivity index (χ1v) is 9.93. The third-order valence-corrected chi connectivity index (χ3v) is 5.72. The van der Waals surface area contributed by atoms with Gasteiger partial charge in [-0.3, -0.25) is 4.79 Å². The summed E-state index contributed by atoms with van der Waals surface area (Å²) >= 11 is 0. The van der Waals surface area contributed by atoms with Crippen molar-refractivity contribution in [3.63, 3.8) is 0 Å². The number of alkyl halides is 3. The van der Waals surface area contributed by atoms with Gasteiger partial charge in [0.15, 0.2) is 0 Å². The van der Waals surface area contributed by atoms with Gasteiger partial charge in [-0.25, -0.2) is 4.68 Å². The summed E-state index contributed by atoms with van der Waals surface area (Å²) in [7, 11) is 1.62. The van der Waals surface area contributed by atoms with Crippen LogP contribution in [0.25, 0.3) is 5.69 Å². The highest BCUT2D eigenvalue weighted by atomic mass is 19.4. The number of amides is 1. The first kappa shape index (κ1) is 21.0. The van der Waals surface area contributed by atoms with Gasteiger partial charge in [-0.15, -0.1) is 0 Å². The van der Waals surface area contributed by atoms with Crippen LogP contribution < -0.4 is 4.74 Å². The van der Waals surface area contributed by atoms with Crippen LogP contribution in [0, 0.1) is 6.92 Å². The molecule has 0 bridgehead atoms. The van der Waals surface area contributed by atoms with Crippen LogP contribution in [-0.4, -0.2) is 40.8 Å². The van der Waals surface area contributed by atoms with Crippen molar-refractivity contribution in [2.75, 3.05) is 20.2 Å². The summed E-state index contributed by atoms with van der Waals surface area (Å²) in [6.07, 6.45) is -2.17. The normalized spacial score (nSPS) is 16.5. The van der Waals surface area contributed by atoms with Crippen LogP contribution in [0.2, 0.25) is 0 Å². The summed E-state index contributed by atoms with van der Waals surface area (Å²) in [6.45, 7) is 2.89. The second-order valence-corrected chi connectivity index (χ2v) is 7.61. The van der Waals surface area contributed by atoms with E-state index in [4.69, 9.17) is 4.74 Å². The monoisotopic (exact) mass is 429 g/mol. The zero-order valence-electron chi connectivity index (χ0n) is 17.2. The highest BCUT2D eigenvalue weighted by Crippen LogP contribution is 2.32. The average Bonchev–Trinajstić information content (AvgIpc) is 3.40. The minimum Gasteiger partial charge on any atom is -0.497 e. The Labute approximate surface area is 178 Å². The number of carbonyl (C=O) groups is 1.